The van der Waals surface area contributed by atoms with Crippen molar-refractivity contribution in [2.24, 2.45) is 0 Å². The van der Waals surface area contributed by atoms with Gasteiger partial charge in [0.1, 0.15) is 5.75 Å². The SMILES string of the molecule is Cc1cc(C)cc(O[C@H](C)C(=O)NCCc2nc(-c3ccccc3)no2)c1. The fourth-order valence-electron chi connectivity index (χ4n) is 2.76. The van der Waals surface area contributed by atoms with Crippen LogP contribution in [0.3, 0.4) is 0 Å². The minimum absolute atomic E-state index is 0.183. The molecule has 0 spiro atoms. The zero-order chi connectivity index (χ0) is 19.2. The smallest absolute Gasteiger partial charge is 0.260 e. The molecule has 0 aliphatic carbocycles. The molecule has 6 nitrogen and oxygen atoms in total. The summed E-state index contributed by atoms with van der Waals surface area (Å²) in [5.74, 6) is 1.54. The molecule has 0 saturated heterocycles. The van der Waals surface area contributed by atoms with Crippen molar-refractivity contribution in [2.75, 3.05) is 6.54 Å². The molecule has 0 radical (unpaired) electrons. The molecule has 6 heteroatoms. The van der Waals surface area contributed by atoms with Crippen LogP contribution in [0.4, 0.5) is 0 Å². The maximum atomic E-state index is 12.2. The molecule has 2 aromatic carbocycles. The molecular weight excluding hydrogens is 342 g/mol. The van der Waals surface area contributed by atoms with Gasteiger partial charge in [-0.1, -0.05) is 41.6 Å². The number of carbonyl (C=O) groups is 1. The lowest BCUT2D eigenvalue weighted by Crippen LogP contribution is -2.37. The normalized spacial score (nSPS) is 11.8. The van der Waals surface area contributed by atoms with Crippen LogP contribution in [0.5, 0.6) is 5.75 Å². The molecule has 0 bridgehead atoms. The summed E-state index contributed by atoms with van der Waals surface area (Å²) < 4.78 is 11.0. The van der Waals surface area contributed by atoms with Crippen LogP contribution in [0.25, 0.3) is 11.4 Å². The summed E-state index contributed by atoms with van der Waals surface area (Å²) in [5, 5.41) is 6.81. The molecule has 3 rings (SSSR count). The quantitative estimate of drug-likeness (QED) is 0.694. The lowest BCUT2D eigenvalue weighted by Gasteiger charge is -2.15. The van der Waals surface area contributed by atoms with Crippen LogP contribution < -0.4 is 10.1 Å². The van der Waals surface area contributed by atoms with Crippen molar-refractivity contribution in [2.45, 2.75) is 33.3 Å². The van der Waals surface area contributed by atoms with Gasteiger partial charge in [0, 0.05) is 18.5 Å². The second-order valence-electron chi connectivity index (χ2n) is 6.50. The second-order valence-corrected chi connectivity index (χ2v) is 6.50. The van der Waals surface area contributed by atoms with Gasteiger partial charge < -0.3 is 14.6 Å². The maximum Gasteiger partial charge on any atom is 0.260 e. The summed E-state index contributed by atoms with van der Waals surface area (Å²) in [5.41, 5.74) is 3.10. The number of rotatable bonds is 7. The summed E-state index contributed by atoms with van der Waals surface area (Å²) in [6.45, 7) is 6.13. The number of hydrogen-bond donors (Lipinski definition) is 1. The van der Waals surface area contributed by atoms with E-state index in [1.54, 1.807) is 6.92 Å². The van der Waals surface area contributed by atoms with Gasteiger partial charge in [-0.15, -0.1) is 0 Å². The van der Waals surface area contributed by atoms with E-state index in [1.165, 1.54) is 0 Å². The molecule has 1 N–H and O–H groups in total. The van der Waals surface area contributed by atoms with Crippen molar-refractivity contribution >= 4 is 5.91 Å². The third-order valence-electron chi connectivity index (χ3n) is 4.02. The molecule has 1 atom stereocenters. The largest absolute Gasteiger partial charge is 0.481 e. The third kappa shape index (κ3) is 5.17. The Bertz CT molecular complexity index is 886. The number of aryl methyl sites for hydroxylation is 2. The van der Waals surface area contributed by atoms with E-state index < -0.39 is 6.10 Å². The van der Waals surface area contributed by atoms with Crippen LogP contribution >= 0.6 is 0 Å². The van der Waals surface area contributed by atoms with Crippen LogP contribution in [0.2, 0.25) is 0 Å². The summed E-state index contributed by atoms with van der Waals surface area (Å²) in [6.07, 6.45) is -0.129. The highest BCUT2D eigenvalue weighted by atomic mass is 16.5. The molecule has 3 aromatic rings. The minimum Gasteiger partial charge on any atom is -0.481 e. The average Bonchev–Trinajstić information content (AvgIpc) is 3.10. The number of nitrogens with one attached hydrogen (secondary N) is 1. The number of hydrogen-bond acceptors (Lipinski definition) is 5. The fraction of sp³-hybridized carbons (Fsp3) is 0.286. The van der Waals surface area contributed by atoms with Crippen molar-refractivity contribution in [3.05, 3.63) is 65.5 Å². The Kier molecular flexibility index (Phi) is 5.86. The van der Waals surface area contributed by atoms with Crippen LogP contribution in [0, 0.1) is 13.8 Å². The maximum absolute atomic E-state index is 12.2. The van der Waals surface area contributed by atoms with Crippen LogP contribution in [0.1, 0.15) is 23.9 Å². The Balaban J connectivity index is 1.48. The van der Waals surface area contributed by atoms with Crippen molar-refractivity contribution < 1.29 is 14.1 Å². The number of amides is 1. The fourth-order valence-corrected chi connectivity index (χ4v) is 2.76. The molecule has 0 fully saturated rings. The summed E-state index contributed by atoms with van der Waals surface area (Å²) in [6, 6.07) is 15.5. The van der Waals surface area contributed by atoms with Crippen LogP contribution in [0.15, 0.2) is 53.1 Å². The first-order valence-electron chi connectivity index (χ1n) is 8.92. The van der Waals surface area contributed by atoms with E-state index in [4.69, 9.17) is 9.26 Å². The van der Waals surface area contributed by atoms with Crippen molar-refractivity contribution in [3.8, 4) is 17.1 Å². The van der Waals surface area contributed by atoms with Gasteiger partial charge in [-0.05, 0) is 44.0 Å². The van der Waals surface area contributed by atoms with E-state index in [0.29, 0.717) is 30.4 Å². The number of benzene rings is 2. The zero-order valence-corrected chi connectivity index (χ0v) is 15.7. The van der Waals surface area contributed by atoms with E-state index >= 15 is 0 Å². The van der Waals surface area contributed by atoms with Gasteiger partial charge in [0.2, 0.25) is 11.7 Å². The van der Waals surface area contributed by atoms with Gasteiger partial charge in [0.15, 0.2) is 6.10 Å². The van der Waals surface area contributed by atoms with E-state index in [0.717, 1.165) is 16.7 Å². The second kappa shape index (κ2) is 8.49. The first kappa shape index (κ1) is 18.6. The third-order valence-corrected chi connectivity index (χ3v) is 4.02. The number of nitrogens with zero attached hydrogens (tertiary/aromatic N) is 2. The molecule has 1 aromatic heterocycles. The molecule has 0 aliphatic heterocycles. The van der Waals surface area contributed by atoms with Gasteiger partial charge in [0.25, 0.3) is 5.91 Å². The molecule has 0 saturated carbocycles. The Hall–Kier alpha value is -3.15. The van der Waals surface area contributed by atoms with Crippen LogP contribution in [-0.4, -0.2) is 28.7 Å². The van der Waals surface area contributed by atoms with Crippen LogP contribution in [-0.2, 0) is 11.2 Å². The molecule has 1 amide bonds. The van der Waals surface area contributed by atoms with E-state index in [1.807, 2.05) is 56.3 Å². The molecule has 1 heterocycles. The molecule has 27 heavy (non-hydrogen) atoms. The van der Waals surface area contributed by atoms with Gasteiger partial charge >= 0.3 is 0 Å². The molecule has 140 valence electrons. The topological polar surface area (TPSA) is 77.2 Å². The Morgan fingerprint density at radius 2 is 1.85 bits per heavy atom. The number of carbonyl (C=O) groups excluding carboxylic acids is 1. The predicted molar refractivity (Wildman–Crippen MR) is 102 cm³/mol. The Morgan fingerprint density at radius 1 is 1.15 bits per heavy atom. The first-order valence-corrected chi connectivity index (χ1v) is 8.92. The predicted octanol–water partition coefficient (Wildman–Crippen LogP) is 3.48. The Labute approximate surface area is 158 Å². The standard InChI is InChI=1S/C21H23N3O3/c1-14-11-15(2)13-18(12-14)26-16(3)21(25)22-10-9-19-23-20(24-27-19)17-7-5-4-6-8-17/h4-8,11-13,16H,9-10H2,1-3H3,(H,22,25)/t16-/m1/s1. The highest BCUT2D eigenvalue weighted by Gasteiger charge is 2.15. The monoisotopic (exact) mass is 365 g/mol. The van der Waals surface area contributed by atoms with E-state index in [-0.39, 0.29) is 5.91 Å². The van der Waals surface area contributed by atoms with Gasteiger partial charge in [-0.25, -0.2) is 0 Å². The number of ether oxygens (including phenoxy) is 1. The zero-order valence-electron chi connectivity index (χ0n) is 15.7. The average molecular weight is 365 g/mol. The van der Waals surface area contributed by atoms with Gasteiger partial charge in [0.05, 0.1) is 0 Å². The highest BCUT2D eigenvalue weighted by Crippen LogP contribution is 2.18. The lowest BCUT2D eigenvalue weighted by atomic mass is 10.1. The van der Waals surface area contributed by atoms with Crippen molar-refractivity contribution in [3.63, 3.8) is 0 Å². The molecule has 0 unspecified atom stereocenters. The lowest BCUT2D eigenvalue weighted by molar-refractivity contribution is -0.127. The highest BCUT2D eigenvalue weighted by molar-refractivity contribution is 5.80. The minimum atomic E-state index is -0.589. The summed E-state index contributed by atoms with van der Waals surface area (Å²) >= 11 is 0. The summed E-state index contributed by atoms with van der Waals surface area (Å²) in [4.78, 5) is 16.6. The molecule has 0 aliphatic rings. The van der Waals surface area contributed by atoms with E-state index in [2.05, 4.69) is 21.5 Å². The summed E-state index contributed by atoms with van der Waals surface area (Å²) in [7, 11) is 0. The van der Waals surface area contributed by atoms with Crippen molar-refractivity contribution in [1.29, 1.82) is 0 Å². The van der Waals surface area contributed by atoms with Gasteiger partial charge in [-0.2, -0.15) is 4.98 Å². The molecular formula is C21H23N3O3. The number of aromatic nitrogens is 2. The van der Waals surface area contributed by atoms with E-state index in [9.17, 15) is 4.79 Å². The first-order chi connectivity index (χ1) is 13.0. The van der Waals surface area contributed by atoms with Crippen molar-refractivity contribution in [1.82, 2.24) is 15.5 Å². The van der Waals surface area contributed by atoms with Gasteiger partial charge in [-0.3, -0.25) is 4.79 Å². The Morgan fingerprint density at radius 3 is 2.56 bits per heavy atom.